The van der Waals surface area contributed by atoms with E-state index in [-0.39, 0.29) is 6.17 Å². The summed E-state index contributed by atoms with van der Waals surface area (Å²) in [6, 6.07) is 0. The van der Waals surface area contributed by atoms with Gasteiger partial charge in [0.25, 0.3) is 0 Å². The summed E-state index contributed by atoms with van der Waals surface area (Å²) in [7, 11) is 0. The van der Waals surface area contributed by atoms with Crippen molar-refractivity contribution in [1.82, 2.24) is 0 Å². The fraction of sp³-hybridized carbons (Fsp3) is 1.00. The lowest BCUT2D eigenvalue weighted by Gasteiger charge is -2.14. The van der Waals surface area contributed by atoms with Gasteiger partial charge in [-0.2, -0.15) is 0 Å². The van der Waals surface area contributed by atoms with Gasteiger partial charge >= 0.3 is 0 Å². The normalized spacial score (nSPS) is 13.8. The van der Waals surface area contributed by atoms with Gasteiger partial charge in [0, 0.05) is 0 Å². The molecule has 0 amide bonds. The Kier molecular flexibility index (Phi) is 7.51. The summed E-state index contributed by atoms with van der Waals surface area (Å²) in [6.45, 7) is 4.36. The molecule has 0 radical (unpaired) electrons. The highest BCUT2D eigenvalue weighted by Gasteiger charge is 2.06. The van der Waals surface area contributed by atoms with Crippen LogP contribution in [-0.4, -0.2) is 6.17 Å². The third kappa shape index (κ3) is 6.62. The van der Waals surface area contributed by atoms with Crippen molar-refractivity contribution in [2.75, 3.05) is 0 Å². The molecule has 0 aromatic heterocycles. The Morgan fingerprint density at radius 3 is 2.08 bits per heavy atom. The van der Waals surface area contributed by atoms with E-state index in [4.69, 9.17) is 11.5 Å². The van der Waals surface area contributed by atoms with Crippen LogP contribution in [0.2, 0.25) is 0 Å². The topological polar surface area (TPSA) is 52.0 Å². The lowest BCUT2D eigenvalue weighted by atomic mass is 10.0. The summed E-state index contributed by atoms with van der Waals surface area (Å²) in [5.74, 6) is 0.478. The van der Waals surface area contributed by atoms with Gasteiger partial charge in [0.05, 0.1) is 6.17 Å². The molecule has 0 aliphatic carbocycles. The van der Waals surface area contributed by atoms with E-state index in [2.05, 4.69) is 13.8 Å². The van der Waals surface area contributed by atoms with Crippen molar-refractivity contribution >= 4 is 0 Å². The molecule has 0 fully saturated rings. The first-order valence-electron chi connectivity index (χ1n) is 5.19. The molecular weight excluding hydrogens is 148 g/mol. The zero-order valence-corrected chi connectivity index (χ0v) is 8.55. The Labute approximate surface area is 76.7 Å². The van der Waals surface area contributed by atoms with Crippen LogP contribution in [0.15, 0.2) is 0 Å². The second kappa shape index (κ2) is 7.56. The Morgan fingerprint density at radius 2 is 1.58 bits per heavy atom. The molecule has 1 atom stereocenters. The Morgan fingerprint density at radius 1 is 1.00 bits per heavy atom. The highest BCUT2D eigenvalue weighted by atomic mass is 14.9. The van der Waals surface area contributed by atoms with Crippen LogP contribution in [0.1, 0.15) is 52.4 Å². The lowest BCUT2D eigenvalue weighted by Crippen LogP contribution is -2.37. The number of nitrogens with two attached hydrogens (primary N) is 2. The van der Waals surface area contributed by atoms with Gasteiger partial charge in [0.1, 0.15) is 0 Å². The zero-order chi connectivity index (χ0) is 9.40. The van der Waals surface area contributed by atoms with Gasteiger partial charge in [-0.25, -0.2) is 0 Å². The van der Waals surface area contributed by atoms with Gasteiger partial charge in [-0.15, -0.1) is 0 Å². The minimum absolute atomic E-state index is 0.129. The summed E-state index contributed by atoms with van der Waals surface area (Å²) in [4.78, 5) is 0. The average Bonchev–Trinajstić information content (AvgIpc) is 2.03. The fourth-order valence-electron chi connectivity index (χ4n) is 1.26. The predicted molar refractivity (Wildman–Crippen MR) is 54.7 cm³/mol. The van der Waals surface area contributed by atoms with E-state index in [9.17, 15) is 0 Å². The van der Waals surface area contributed by atoms with Crippen molar-refractivity contribution in [1.29, 1.82) is 0 Å². The molecule has 0 aromatic rings. The second-order valence-corrected chi connectivity index (χ2v) is 3.76. The summed E-state index contributed by atoms with van der Waals surface area (Å²) >= 11 is 0. The molecule has 4 N–H and O–H groups in total. The van der Waals surface area contributed by atoms with Crippen LogP contribution in [0.5, 0.6) is 0 Å². The summed E-state index contributed by atoms with van der Waals surface area (Å²) in [5, 5.41) is 0. The first-order chi connectivity index (χ1) is 5.68. The van der Waals surface area contributed by atoms with E-state index in [1.165, 1.54) is 38.5 Å². The van der Waals surface area contributed by atoms with Crippen LogP contribution in [-0.2, 0) is 0 Å². The number of hydrogen-bond acceptors (Lipinski definition) is 2. The van der Waals surface area contributed by atoms with Gasteiger partial charge in [-0.05, 0) is 12.3 Å². The van der Waals surface area contributed by atoms with E-state index in [1.54, 1.807) is 0 Å². The maximum Gasteiger partial charge on any atom is 0.0547 e. The van der Waals surface area contributed by atoms with Crippen LogP contribution in [0.25, 0.3) is 0 Å². The number of rotatable bonds is 7. The molecule has 1 unspecified atom stereocenters. The molecule has 0 aromatic carbocycles. The van der Waals surface area contributed by atoms with Crippen LogP contribution in [0, 0.1) is 5.92 Å². The van der Waals surface area contributed by atoms with Crippen LogP contribution in [0.3, 0.4) is 0 Å². The average molecular weight is 172 g/mol. The highest BCUT2D eigenvalue weighted by Crippen LogP contribution is 2.11. The minimum atomic E-state index is -0.129. The quantitative estimate of drug-likeness (QED) is 0.457. The van der Waals surface area contributed by atoms with E-state index in [0.29, 0.717) is 5.92 Å². The molecule has 12 heavy (non-hydrogen) atoms. The molecule has 0 bridgehead atoms. The lowest BCUT2D eigenvalue weighted by molar-refractivity contribution is 0.413. The van der Waals surface area contributed by atoms with Crippen LogP contribution in [0.4, 0.5) is 0 Å². The molecule has 74 valence electrons. The van der Waals surface area contributed by atoms with Gasteiger partial charge in [-0.1, -0.05) is 46.0 Å². The van der Waals surface area contributed by atoms with Crippen molar-refractivity contribution in [3.63, 3.8) is 0 Å². The number of hydrogen-bond donors (Lipinski definition) is 2. The van der Waals surface area contributed by atoms with Crippen molar-refractivity contribution in [3.05, 3.63) is 0 Å². The zero-order valence-electron chi connectivity index (χ0n) is 8.55. The van der Waals surface area contributed by atoms with Crippen molar-refractivity contribution in [2.24, 2.45) is 17.4 Å². The Balaban J connectivity index is 3.08. The van der Waals surface area contributed by atoms with Gasteiger partial charge in [0.15, 0.2) is 0 Å². The maximum absolute atomic E-state index is 5.55. The van der Waals surface area contributed by atoms with E-state index in [0.717, 1.165) is 0 Å². The molecule has 0 rings (SSSR count). The van der Waals surface area contributed by atoms with E-state index >= 15 is 0 Å². The monoisotopic (exact) mass is 172 g/mol. The summed E-state index contributed by atoms with van der Waals surface area (Å²) < 4.78 is 0. The molecule has 0 aliphatic heterocycles. The molecular formula is C10H24N2. The molecule has 0 heterocycles. The third-order valence-corrected chi connectivity index (χ3v) is 2.42. The van der Waals surface area contributed by atoms with Crippen molar-refractivity contribution in [2.45, 2.75) is 58.5 Å². The predicted octanol–water partition coefficient (Wildman–Crippen LogP) is 2.23. The molecule has 2 nitrogen and oxygen atoms in total. The largest absolute Gasteiger partial charge is 0.316 e. The van der Waals surface area contributed by atoms with Crippen molar-refractivity contribution in [3.8, 4) is 0 Å². The van der Waals surface area contributed by atoms with E-state index < -0.39 is 0 Å². The first kappa shape index (κ1) is 11.9. The maximum atomic E-state index is 5.55. The van der Waals surface area contributed by atoms with Crippen LogP contribution >= 0.6 is 0 Å². The summed E-state index contributed by atoms with van der Waals surface area (Å²) in [5.41, 5.74) is 11.1. The second-order valence-electron chi connectivity index (χ2n) is 3.76. The molecule has 2 heteroatoms. The molecule has 0 aliphatic rings. The van der Waals surface area contributed by atoms with Gasteiger partial charge in [0.2, 0.25) is 0 Å². The summed E-state index contributed by atoms with van der Waals surface area (Å²) in [6.07, 6.45) is 7.72. The van der Waals surface area contributed by atoms with E-state index in [1.807, 2.05) is 0 Å². The highest BCUT2D eigenvalue weighted by molar-refractivity contribution is 4.61. The standard InChI is InChI=1S/C10H24N2/c1-3-4-5-6-7-8-9(2)10(11)12/h9-10H,3-8,11-12H2,1-2H3. The SMILES string of the molecule is CCCCCCCC(C)C(N)N. The molecule has 0 saturated heterocycles. The Bertz CT molecular complexity index is 91.8. The third-order valence-electron chi connectivity index (χ3n) is 2.42. The van der Waals surface area contributed by atoms with Gasteiger partial charge in [-0.3, -0.25) is 0 Å². The van der Waals surface area contributed by atoms with Crippen LogP contribution < -0.4 is 11.5 Å². The van der Waals surface area contributed by atoms with Gasteiger partial charge < -0.3 is 11.5 Å². The number of unbranched alkanes of at least 4 members (excludes halogenated alkanes) is 4. The Hall–Kier alpha value is -0.0800. The molecule has 0 saturated carbocycles. The first-order valence-corrected chi connectivity index (χ1v) is 5.19. The molecule has 0 spiro atoms. The smallest absolute Gasteiger partial charge is 0.0547 e. The fourth-order valence-corrected chi connectivity index (χ4v) is 1.26. The minimum Gasteiger partial charge on any atom is -0.316 e. The van der Waals surface area contributed by atoms with Crippen molar-refractivity contribution < 1.29 is 0 Å².